The third-order valence-corrected chi connectivity index (χ3v) is 4.05. The maximum atomic E-state index is 12.1. The number of ketones is 2. The molecule has 0 saturated heterocycles. The summed E-state index contributed by atoms with van der Waals surface area (Å²) in [5.41, 5.74) is -0.859. The summed E-state index contributed by atoms with van der Waals surface area (Å²) < 4.78 is -0.559. The zero-order chi connectivity index (χ0) is 11.9. The van der Waals surface area contributed by atoms with Crippen molar-refractivity contribution >= 4 is 24.2 Å². The average molecular weight is 228 g/mol. The van der Waals surface area contributed by atoms with E-state index in [9.17, 15) is 9.59 Å². The van der Waals surface area contributed by atoms with Crippen LogP contribution in [0.1, 0.15) is 47.0 Å². The molecule has 1 aliphatic rings. The van der Waals surface area contributed by atoms with Crippen LogP contribution < -0.4 is 0 Å². The quantitative estimate of drug-likeness (QED) is 0.582. The van der Waals surface area contributed by atoms with Crippen molar-refractivity contribution in [1.82, 2.24) is 0 Å². The first-order chi connectivity index (χ1) is 6.72. The Labute approximate surface area is 97.2 Å². The van der Waals surface area contributed by atoms with E-state index in [0.717, 1.165) is 6.42 Å². The Kier molecular flexibility index (Phi) is 3.34. The minimum absolute atomic E-state index is 0.0283. The minimum atomic E-state index is -0.859. The van der Waals surface area contributed by atoms with Crippen molar-refractivity contribution in [3.05, 3.63) is 0 Å². The molecule has 0 amide bonds. The smallest absolute Gasteiger partial charge is 0.148 e. The summed E-state index contributed by atoms with van der Waals surface area (Å²) in [6.45, 7) is 7.32. The highest BCUT2D eigenvalue weighted by molar-refractivity contribution is 7.81. The predicted molar refractivity (Wildman–Crippen MR) is 64.2 cm³/mol. The van der Waals surface area contributed by atoms with Crippen LogP contribution in [0.2, 0.25) is 0 Å². The third kappa shape index (κ3) is 1.99. The topological polar surface area (TPSA) is 34.1 Å². The zero-order valence-electron chi connectivity index (χ0n) is 9.96. The van der Waals surface area contributed by atoms with Crippen molar-refractivity contribution in [3.8, 4) is 0 Å². The van der Waals surface area contributed by atoms with Crippen molar-refractivity contribution in [2.75, 3.05) is 0 Å². The third-order valence-electron chi connectivity index (χ3n) is 3.67. The highest BCUT2D eigenvalue weighted by Crippen LogP contribution is 2.47. The van der Waals surface area contributed by atoms with Gasteiger partial charge in [0.2, 0.25) is 0 Å². The summed E-state index contributed by atoms with van der Waals surface area (Å²) in [6.07, 6.45) is 2.11. The molecule has 86 valence electrons. The van der Waals surface area contributed by atoms with Gasteiger partial charge >= 0.3 is 0 Å². The summed E-state index contributed by atoms with van der Waals surface area (Å²) in [5, 5.41) is 0. The first-order valence-electron chi connectivity index (χ1n) is 5.48. The van der Waals surface area contributed by atoms with Crippen LogP contribution in [0.3, 0.4) is 0 Å². The van der Waals surface area contributed by atoms with Gasteiger partial charge in [-0.15, -0.1) is 0 Å². The van der Waals surface area contributed by atoms with Crippen molar-refractivity contribution < 1.29 is 9.59 Å². The largest absolute Gasteiger partial charge is 0.299 e. The van der Waals surface area contributed by atoms with Gasteiger partial charge in [0, 0.05) is 11.2 Å². The average Bonchev–Trinajstić information content (AvgIpc) is 2.00. The minimum Gasteiger partial charge on any atom is -0.299 e. The Morgan fingerprint density at radius 3 is 2.40 bits per heavy atom. The van der Waals surface area contributed by atoms with Gasteiger partial charge in [0.15, 0.2) is 0 Å². The van der Waals surface area contributed by atoms with Gasteiger partial charge in [0.05, 0.1) is 0 Å². The number of Topliss-reactive ketones (excluding diaryl/α,β-unsaturated/α-hetero) is 2. The van der Waals surface area contributed by atoms with Crippen LogP contribution in [0.15, 0.2) is 0 Å². The SMILES string of the molecule is CC(=O)C1(C(C)(C)S)CCC(C)CC1=O. The molecule has 2 unspecified atom stereocenters. The van der Waals surface area contributed by atoms with Crippen molar-refractivity contribution in [2.45, 2.75) is 51.7 Å². The lowest BCUT2D eigenvalue weighted by atomic mass is 9.61. The predicted octanol–water partition coefficient (Wildman–Crippen LogP) is 2.66. The van der Waals surface area contributed by atoms with Crippen LogP contribution in [-0.2, 0) is 9.59 Å². The molecule has 1 saturated carbocycles. The highest BCUT2D eigenvalue weighted by atomic mass is 32.1. The van der Waals surface area contributed by atoms with E-state index >= 15 is 0 Å². The van der Waals surface area contributed by atoms with Gasteiger partial charge in [-0.25, -0.2) is 0 Å². The van der Waals surface area contributed by atoms with Gasteiger partial charge in [-0.2, -0.15) is 12.6 Å². The fourth-order valence-electron chi connectivity index (χ4n) is 2.65. The number of carbonyl (C=O) groups excluding carboxylic acids is 2. The van der Waals surface area contributed by atoms with E-state index in [1.54, 1.807) is 0 Å². The molecule has 0 bridgehead atoms. The summed E-state index contributed by atoms with van der Waals surface area (Å²) in [5.74, 6) is 0.453. The summed E-state index contributed by atoms with van der Waals surface area (Å²) in [6, 6.07) is 0. The van der Waals surface area contributed by atoms with Crippen LogP contribution in [0.4, 0.5) is 0 Å². The van der Waals surface area contributed by atoms with E-state index in [4.69, 9.17) is 0 Å². The number of hydrogen-bond donors (Lipinski definition) is 1. The summed E-state index contributed by atoms with van der Waals surface area (Å²) in [4.78, 5) is 24.0. The van der Waals surface area contributed by atoms with E-state index in [0.29, 0.717) is 18.8 Å². The first-order valence-corrected chi connectivity index (χ1v) is 5.93. The molecule has 0 spiro atoms. The maximum Gasteiger partial charge on any atom is 0.148 e. The normalized spacial score (nSPS) is 32.9. The molecule has 1 aliphatic carbocycles. The lowest BCUT2D eigenvalue weighted by Gasteiger charge is -2.44. The summed E-state index contributed by atoms with van der Waals surface area (Å²) >= 11 is 4.47. The molecule has 0 heterocycles. The number of thiol groups is 1. The molecule has 0 aromatic carbocycles. The molecule has 15 heavy (non-hydrogen) atoms. The lowest BCUT2D eigenvalue weighted by molar-refractivity contribution is -0.145. The van der Waals surface area contributed by atoms with Crippen LogP contribution in [-0.4, -0.2) is 16.3 Å². The Morgan fingerprint density at radius 1 is 1.53 bits per heavy atom. The monoisotopic (exact) mass is 228 g/mol. The Morgan fingerprint density at radius 2 is 2.07 bits per heavy atom. The van der Waals surface area contributed by atoms with Gasteiger partial charge in [0.25, 0.3) is 0 Å². The molecule has 0 radical (unpaired) electrons. The van der Waals surface area contributed by atoms with Crippen molar-refractivity contribution in [1.29, 1.82) is 0 Å². The maximum absolute atomic E-state index is 12.1. The molecular weight excluding hydrogens is 208 g/mol. The van der Waals surface area contributed by atoms with E-state index in [1.165, 1.54) is 6.92 Å². The molecule has 0 aliphatic heterocycles. The van der Waals surface area contributed by atoms with Gasteiger partial charge in [0.1, 0.15) is 17.0 Å². The molecule has 3 heteroatoms. The van der Waals surface area contributed by atoms with Crippen LogP contribution in [0, 0.1) is 11.3 Å². The van der Waals surface area contributed by atoms with Gasteiger partial charge in [-0.3, -0.25) is 9.59 Å². The summed E-state index contributed by atoms with van der Waals surface area (Å²) in [7, 11) is 0. The molecule has 0 aromatic rings. The van der Waals surface area contributed by atoms with Gasteiger partial charge < -0.3 is 0 Å². The Hall–Kier alpha value is -0.310. The molecular formula is C12H20O2S. The fraction of sp³-hybridized carbons (Fsp3) is 0.833. The van der Waals surface area contributed by atoms with Crippen LogP contribution >= 0.6 is 12.6 Å². The highest BCUT2D eigenvalue weighted by Gasteiger charge is 2.54. The van der Waals surface area contributed by atoms with Gasteiger partial charge in [-0.1, -0.05) is 6.92 Å². The van der Waals surface area contributed by atoms with E-state index in [-0.39, 0.29) is 11.6 Å². The number of hydrogen-bond acceptors (Lipinski definition) is 3. The molecule has 1 fully saturated rings. The zero-order valence-corrected chi connectivity index (χ0v) is 10.9. The van der Waals surface area contributed by atoms with Crippen molar-refractivity contribution in [2.24, 2.45) is 11.3 Å². The van der Waals surface area contributed by atoms with Gasteiger partial charge in [-0.05, 0) is 39.5 Å². The van der Waals surface area contributed by atoms with Crippen LogP contribution in [0.25, 0.3) is 0 Å². The van der Waals surface area contributed by atoms with Crippen molar-refractivity contribution in [3.63, 3.8) is 0 Å². The molecule has 0 aromatic heterocycles. The molecule has 2 nitrogen and oxygen atoms in total. The van der Waals surface area contributed by atoms with E-state index in [2.05, 4.69) is 19.6 Å². The Bertz CT molecular complexity index is 290. The number of rotatable bonds is 2. The second-order valence-electron chi connectivity index (χ2n) is 5.29. The molecule has 0 N–H and O–H groups in total. The van der Waals surface area contributed by atoms with Crippen LogP contribution in [0.5, 0.6) is 0 Å². The molecule has 1 rings (SSSR count). The fourth-order valence-corrected chi connectivity index (χ4v) is 3.04. The second-order valence-corrected chi connectivity index (χ2v) is 6.41. The number of carbonyl (C=O) groups is 2. The lowest BCUT2D eigenvalue weighted by Crippen LogP contribution is -2.53. The standard InChI is InChI=1S/C12H20O2S/c1-8-5-6-12(9(2)13,10(14)7-8)11(3,4)15/h8,15H,5-7H2,1-4H3. The molecule has 2 atom stereocenters. The van der Waals surface area contributed by atoms with E-state index in [1.807, 2.05) is 13.8 Å². The first kappa shape index (κ1) is 12.8. The van der Waals surface area contributed by atoms with E-state index < -0.39 is 10.2 Å². The Balaban J connectivity index is 3.13. The second kappa shape index (κ2) is 3.93.